The van der Waals surface area contributed by atoms with Crippen molar-refractivity contribution in [2.75, 3.05) is 23.9 Å². The third-order valence-electron chi connectivity index (χ3n) is 2.02. The van der Waals surface area contributed by atoms with Crippen molar-refractivity contribution in [2.45, 2.75) is 6.42 Å². The van der Waals surface area contributed by atoms with Crippen LogP contribution in [0.3, 0.4) is 0 Å². The summed E-state index contributed by atoms with van der Waals surface area (Å²) >= 11 is 0. The summed E-state index contributed by atoms with van der Waals surface area (Å²) in [6.07, 6.45) is 0.525. The first-order chi connectivity index (χ1) is 7.70. The number of benzene rings is 1. The molecule has 1 rings (SSSR count). The summed E-state index contributed by atoms with van der Waals surface area (Å²) < 4.78 is 0. The van der Waals surface area contributed by atoms with Crippen LogP contribution in [0.25, 0.3) is 0 Å². The van der Waals surface area contributed by atoms with E-state index in [0.29, 0.717) is 18.7 Å². The highest BCUT2D eigenvalue weighted by molar-refractivity contribution is 5.75. The first-order valence-electron chi connectivity index (χ1n) is 4.79. The fourth-order valence-corrected chi connectivity index (χ4v) is 1.30. The van der Waals surface area contributed by atoms with E-state index in [9.17, 15) is 10.1 Å². The van der Waals surface area contributed by atoms with Crippen LogP contribution in [0.4, 0.5) is 17.1 Å². The number of nitrogens with one attached hydrogen (secondary N) is 2. The zero-order chi connectivity index (χ0) is 12.0. The number of hydrogen-bond acceptors (Lipinski definition) is 6. The average Bonchev–Trinajstić information content (AvgIpc) is 2.28. The minimum Gasteiger partial charge on any atom is -0.396 e. The van der Waals surface area contributed by atoms with Crippen molar-refractivity contribution in [2.24, 2.45) is 5.84 Å². The van der Waals surface area contributed by atoms with Gasteiger partial charge in [-0.05, 0) is 18.6 Å². The van der Waals surface area contributed by atoms with E-state index in [1.165, 1.54) is 6.07 Å². The number of para-hydroxylation sites is 1. The molecule has 16 heavy (non-hydrogen) atoms. The van der Waals surface area contributed by atoms with Gasteiger partial charge in [0.05, 0.1) is 4.92 Å². The molecule has 0 aliphatic heterocycles. The van der Waals surface area contributed by atoms with Gasteiger partial charge in [0.15, 0.2) is 0 Å². The Balaban J connectivity index is 2.93. The molecular weight excluding hydrogens is 212 g/mol. The predicted molar refractivity (Wildman–Crippen MR) is 61.1 cm³/mol. The lowest BCUT2D eigenvalue weighted by atomic mass is 10.2. The Morgan fingerprint density at radius 2 is 2.12 bits per heavy atom. The molecule has 0 unspecified atom stereocenters. The molecule has 0 spiro atoms. The number of anilines is 2. The smallest absolute Gasteiger partial charge is 0.316 e. The van der Waals surface area contributed by atoms with E-state index >= 15 is 0 Å². The maximum absolute atomic E-state index is 10.9. The minimum absolute atomic E-state index is 0.0373. The van der Waals surface area contributed by atoms with Crippen LogP contribution in [0.2, 0.25) is 0 Å². The fraction of sp³-hybridized carbons (Fsp3) is 0.333. The number of rotatable bonds is 6. The summed E-state index contributed by atoms with van der Waals surface area (Å²) in [6.45, 7) is 0.501. The van der Waals surface area contributed by atoms with Crippen molar-refractivity contribution in [1.29, 1.82) is 0 Å². The van der Waals surface area contributed by atoms with Gasteiger partial charge in [0.2, 0.25) is 0 Å². The number of nitro benzene ring substituents is 1. The van der Waals surface area contributed by atoms with E-state index in [1.807, 2.05) is 0 Å². The molecule has 0 aliphatic rings. The Kier molecular flexibility index (Phi) is 4.49. The Morgan fingerprint density at radius 1 is 1.44 bits per heavy atom. The van der Waals surface area contributed by atoms with E-state index in [4.69, 9.17) is 10.9 Å². The summed E-state index contributed by atoms with van der Waals surface area (Å²) in [5, 5.41) is 22.3. The van der Waals surface area contributed by atoms with Gasteiger partial charge in [-0.1, -0.05) is 6.07 Å². The van der Waals surface area contributed by atoms with Gasteiger partial charge in [-0.3, -0.25) is 16.0 Å². The van der Waals surface area contributed by atoms with E-state index in [-0.39, 0.29) is 18.0 Å². The van der Waals surface area contributed by atoms with Crippen LogP contribution in [0, 0.1) is 10.1 Å². The van der Waals surface area contributed by atoms with Gasteiger partial charge in [-0.25, -0.2) is 0 Å². The van der Waals surface area contributed by atoms with Crippen molar-refractivity contribution in [1.82, 2.24) is 0 Å². The van der Waals surface area contributed by atoms with Crippen molar-refractivity contribution < 1.29 is 10.0 Å². The van der Waals surface area contributed by atoms with Crippen LogP contribution in [0.1, 0.15) is 6.42 Å². The molecule has 0 aliphatic carbocycles. The van der Waals surface area contributed by atoms with Crippen LogP contribution in [0.5, 0.6) is 0 Å². The molecule has 88 valence electrons. The van der Waals surface area contributed by atoms with Crippen molar-refractivity contribution in [3.05, 3.63) is 28.3 Å². The second-order valence-electron chi connectivity index (χ2n) is 3.11. The summed E-state index contributed by atoms with van der Waals surface area (Å²) in [4.78, 5) is 10.4. The van der Waals surface area contributed by atoms with Crippen LogP contribution in [0.15, 0.2) is 18.2 Å². The molecule has 7 nitrogen and oxygen atoms in total. The summed E-state index contributed by atoms with van der Waals surface area (Å²) in [5.74, 6) is 5.19. The second-order valence-corrected chi connectivity index (χ2v) is 3.11. The van der Waals surface area contributed by atoms with Crippen molar-refractivity contribution in [3.8, 4) is 0 Å². The Hall–Kier alpha value is -1.86. The van der Waals surface area contributed by atoms with Gasteiger partial charge in [0.1, 0.15) is 11.4 Å². The van der Waals surface area contributed by atoms with E-state index in [2.05, 4.69) is 10.7 Å². The molecule has 0 atom stereocenters. The largest absolute Gasteiger partial charge is 0.396 e. The third kappa shape index (κ3) is 2.81. The van der Waals surface area contributed by atoms with Crippen LogP contribution in [-0.2, 0) is 0 Å². The summed E-state index contributed by atoms with van der Waals surface area (Å²) in [5.41, 5.74) is 2.81. The maximum Gasteiger partial charge on any atom is 0.316 e. The predicted octanol–water partition coefficient (Wildman–Crippen LogP) is 0.675. The maximum atomic E-state index is 10.9. The monoisotopic (exact) mass is 226 g/mol. The zero-order valence-electron chi connectivity index (χ0n) is 8.64. The number of nitrogens with zero attached hydrogens (tertiary/aromatic N) is 1. The Labute approximate surface area is 92.4 Å². The highest BCUT2D eigenvalue weighted by atomic mass is 16.6. The number of nitrogen functional groups attached to an aromatic ring is 1. The molecule has 0 heterocycles. The first kappa shape index (κ1) is 12.2. The molecule has 0 fully saturated rings. The number of aliphatic hydroxyl groups is 1. The normalized spacial score (nSPS) is 9.88. The number of hydrogen-bond donors (Lipinski definition) is 4. The summed E-state index contributed by atoms with van der Waals surface area (Å²) in [6, 6.07) is 4.77. The van der Waals surface area contributed by atoms with Crippen molar-refractivity contribution in [3.63, 3.8) is 0 Å². The molecule has 7 heteroatoms. The molecule has 1 aromatic carbocycles. The molecule has 5 N–H and O–H groups in total. The van der Waals surface area contributed by atoms with Gasteiger partial charge < -0.3 is 15.8 Å². The lowest BCUT2D eigenvalue weighted by Crippen LogP contribution is -2.11. The second kappa shape index (κ2) is 5.89. The lowest BCUT2D eigenvalue weighted by molar-refractivity contribution is -0.383. The molecule has 0 amide bonds. The highest BCUT2D eigenvalue weighted by Crippen LogP contribution is 2.31. The average molecular weight is 226 g/mol. The number of nitro groups is 1. The van der Waals surface area contributed by atoms with E-state index in [0.717, 1.165) is 0 Å². The van der Waals surface area contributed by atoms with Gasteiger partial charge in [-0.2, -0.15) is 0 Å². The molecule has 0 saturated heterocycles. The molecular formula is C9H14N4O3. The number of nitrogens with two attached hydrogens (primary N) is 1. The first-order valence-corrected chi connectivity index (χ1v) is 4.79. The Bertz CT molecular complexity index is 370. The van der Waals surface area contributed by atoms with Gasteiger partial charge in [0.25, 0.3) is 0 Å². The van der Waals surface area contributed by atoms with Crippen LogP contribution in [-0.4, -0.2) is 23.2 Å². The van der Waals surface area contributed by atoms with Gasteiger partial charge in [0, 0.05) is 13.2 Å². The van der Waals surface area contributed by atoms with Crippen LogP contribution >= 0.6 is 0 Å². The quantitative estimate of drug-likeness (QED) is 0.245. The van der Waals surface area contributed by atoms with Crippen LogP contribution < -0.4 is 16.6 Å². The lowest BCUT2D eigenvalue weighted by Gasteiger charge is -2.08. The summed E-state index contributed by atoms with van der Waals surface area (Å²) in [7, 11) is 0. The topological polar surface area (TPSA) is 113 Å². The van der Waals surface area contributed by atoms with Gasteiger partial charge >= 0.3 is 5.69 Å². The number of aliphatic hydroxyl groups excluding tert-OH is 1. The van der Waals surface area contributed by atoms with E-state index in [1.54, 1.807) is 12.1 Å². The SMILES string of the molecule is NNc1cccc(NCCCO)c1[N+](=O)[O-]. The molecule has 0 saturated carbocycles. The highest BCUT2D eigenvalue weighted by Gasteiger charge is 2.18. The molecule has 0 bridgehead atoms. The molecule has 1 aromatic rings. The standard InChI is InChI=1S/C9H14N4O3/c10-12-8-4-1-3-7(9(8)13(15)16)11-5-2-6-14/h1,3-4,11-12,14H,2,5-6,10H2. The minimum atomic E-state index is -0.503. The molecule has 0 aromatic heterocycles. The van der Waals surface area contributed by atoms with E-state index < -0.39 is 4.92 Å². The Morgan fingerprint density at radius 3 is 2.69 bits per heavy atom. The van der Waals surface area contributed by atoms with Gasteiger partial charge in [-0.15, -0.1) is 0 Å². The van der Waals surface area contributed by atoms with Crippen molar-refractivity contribution >= 4 is 17.1 Å². The third-order valence-corrected chi connectivity index (χ3v) is 2.02. The fourth-order valence-electron chi connectivity index (χ4n) is 1.30. The zero-order valence-corrected chi connectivity index (χ0v) is 8.64. The molecule has 0 radical (unpaired) electrons. The number of hydrazine groups is 1.